The predicted octanol–water partition coefficient (Wildman–Crippen LogP) is 13.0. The van der Waals surface area contributed by atoms with E-state index in [0.717, 1.165) is 33.6 Å². The van der Waals surface area contributed by atoms with Gasteiger partial charge in [0, 0.05) is 13.2 Å². The molecule has 6 aromatic rings. The quantitative estimate of drug-likeness (QED) is 0.109. The van der Waals surface area contributed by atoms with Gasteiger partial charge in [-0.15, -0.1) is 48.7 Å². The fourth-order valence-corrected chi connectivity index (χ4v) is 5.30. The molecule has 0 saturated carbocycles. The average molecular weight is 756 g/mol. The fraction of sp³-hybridized carbons (Fsp3) is 0.261. The summed E-state index contributed by atoms with van der Waals surface area (Å²) in [6.45, 7) is 22.2. The van der Waals surface area contributed by atoms with Crippen LogP contribution in [0.2, 0.25) is 0 Å². The normalized spacial score (nSPS) is 11.0. The van der Waals surface area contributed by atoms with Crippen LogP contribution in [0.5, 0.6) is 0 Å². The van der Waals surface area contributed by atoms with Crippen LogP contribution in [0.4, 0.5) is 11.4 Å². The molecule has 0 aromatic heterocycles. The Labute approximate surface area is 326 Å². The molecule has 262 valence electrons. The van der Waals surface area contributed by atoms with E-state index in [0.29, 0.717) is 26.3 Å². The molecule has 6 rings (SSSR count). The summed E-state index contributed by atoms with van der Waals surface area (Å²) in [7, 11) is 0. The van der Waals surface area contributed by atoms with Gasteiger partial charge in [0.15, 0.2) is 0 Å². The van der Waals surface area contributed by atoms with Crippen LogP contribution in [-0.2, 0) is 35.7 Å². The first kappa shape index (κ1) is 41.4. The van der Waals surface area contributed by atoms with Crippen molar-refractivity contribution in [1.82, 2.24) is 0 Å². The number of rotatable bonds is 9. The van der Waals surface area contributed by atoms with E-state index in [9.17, 15) is 0 Å². The van der Waals surface area contributed by atoms with Gasteiger partial charge in [-0.05, 0) is 74.2 Å². The number of ether oxygens (including phenoxy) is 2. The van der Waals surface area contributed by atoms with Gasteiger partial charge >= 0.3 is 26.2 Å². The molecular weight excluding hydrogens is 704 g/mol. The smallest absolute Gasteiger partial charge is 0.682 e. The van der Waals surface area contributed by atoms with Crippen molar-refractivity contribution in [2.45, 2.75) is 52.7 Å². The summed E-state index contributed by atoms with van der Waals surface area (Å²) in [5, 5.41) is 14.8. The van der Waals surface area contributed by atoms with E-state index in [1.165, 1.54) is 21.5 Å². The zero-order valence-electron chi connectivity index (χ0n) is 31.2. The second-order valence-electron chi connectivity index (χ2n) is 14.0. The molecule has 0 bridgehead atoms. The third kappa shape index (κ3) is 13.9. The van der Waals surface area contributed by atoms with Gasteiger partial charge in [-0.2, -0.15) is 49.2 Å². The maximum Gasteiger partial charge on any atom is 4.00 e. The molecule has 5 heteroatoms. The van der Waals surface area contributed by atoms with E-state index in [1.807, 2.05) is 60.7 Å². The molecule has 0 aliphatic heterocycles. The van der Waals surface area contributed by atoms with Gasteiger partial charge in [0.05, 0.1) is 11.2 Å². The predicted molar refractivity (Wildman–Crippen MR) is 216 cm³/mol. The van der Waals surface area contributed by atoms with Gasteiger partial charge in [0.2, 0.25) is 0 Å². The Morgan fingerprint density at radius 3 is 1.10 bits per heavy atom. The summed E-state index contributed by atoms with van der Waals surface area (Å²) >= 11 is 0. The third-order valence-electron chi connectivity index (χ3n) is 7.57. The zero-order valence-corrected chi connectivity index (χ0v) is 33.6. The first-order valence-corrected chi connectivity index (χ1v) is 17.3. The minimum atomic E-state index is -0.182. The van der Waals surface area contributed by atoms with Crippen molar-refractivity contribution < 1.29 is 35.7 Å². The summed E-state index contributed by atoms with van der Waals surface area (Å²) in [4.78, 5) is 0. The second kappa shape index (κ2) is 20.1. The maximum absolute atomic E-state index is 5.94. The van der Waals surface area contributed by atoms with Crippen LogP contribution >= 0.6 is 0 Å². The van der Waals surface area contributed by atoms with Crippen LogP contribution in [0.1, 0.15) is 52.7 Å². The molecule has 0 unspecified atom stereocenters. The van der Waals surface area contributed by atoms with Crippen LogP contribution in [0.15, 0.2) is 133 Å². The van der Waals surface area contributed by atoms with E-state index < -0.39 is 0 Å². The molecule has 51 heavy (non-hydrogen) atoms. The van der Waals surface area contributed by atoms with Crippen molar-refractivity contribution in [2.75, 3.05) is 26.3 Å². The first-order valence-electron chi connectivity index (χ1n) is 17.3. The maximum atomic E-state index is 5.94. The Bertz CT molecular complexity index is 1750. The Morgan fingerprint density at radius 1 is 0.451 bits per heavy atom. The SMILES string of the molecule is CC(C)(C)OCC[N-]c1ccc2ccccc2c1-c1c([N-]CCOC(C)(C)C)ccc2ccccc12.[CH2-]c1ccccc1.[CH2-]c1ccccc1.[Zr+4]. The Morgan fingerprint density at radius 2 is 0.784 bits per heavy atom. The van der Waals surface area contributed by atoms with E-state index in [4.69, 9.17) is 20.1 Å². The molecular formula is C46H52N2O2Zr. The summed E-state index contributed by atoms with van der Waals surface area (Å²) in [6.07, 6.45) is 0. The molecule has 0 radical (unpaired) electrons. The molecule has 0 fully saturated rings. The van der Waals surface area contributed by atoms with Crippen molar-refractivity contribution in [3.63, 3.8) is 0 Å². The monoisotopic (exact) mass is 754 g/mol. The van der Waals surface area contributed by atoms with Crippen molar-refractivity contribution in [3.8, 4) is 11.1 Å². The molecule has 0 saturated heterocycles. The van der Waals surface area contributed by atoms with Gasteiger partial charge in [0.25, 0.3) is 0 Å². The average Bonchev–Trinajstić information content (AvgIpc) is 3.09. The number of benzene rings is 6. The van der Waals surface area contributed by atoms with Crippen LogP contribution < -0.4 is 0 Å². The van der Waals surface area contributed by atoms with Crippen molar-refractivity contribution >= 4 is 32.9 Å². The molecule has 0 atom stereocenters. The van der Waals surface area contributed by atoms with Gasteiger partial charge in [-0.25, -0.2) is 0 Å². The molecule has 0 amide bonds. The standard InChI is InChI=1S/C32H38N2O2.2C7H7.Zr/c1-31(2,3)35-21-19-33-27-17-15-23-11-7-9-13-25(23)29(27)30-26-14-10-8-12-24(26)16-18-28(30)34-20-22-36-32(4,5)6;2*1-7-5-3-2-4-6-7;/h7-18H,19-22H2,1-6H3;2*2-6H,1H2;/q-2;2*-1;+4. The summed E-state index contributed by atoms with van der Waals surface area (Å²) in [5.74, 6) is 0. The summed E-state index contributed by atoms with van der Waals surface area (Å²) in [6, 6.07) is 45.3. The van der Waals surface area contributed by atoms with E-state index in [2.05, 4.69) is 128 Å². The minimum absolute atomic E-state index is 0. The fourth-order valence-electron chi connectivity index (χ4n) is 5.30. The van der Waals surface area contributed by atoms with Crippen LogP contribution in [-0.4, -0.2) is 37.5 Å². The summed E-state index contributed by atoms with van der Waals surface area (Å²) in [5.41, 5.74) is 5.95. The summed E-state index contributed by atoms with van der Waals surface area (Å²) < 4.78 is 11.9. The van der Waals surface area contributed by atoms with Gasteiger partial charge in [0.1, 0.15) is 0 Å². The Kier molecular flexibility index (Phi) is 16.3. The van der Waals surface area contributed by atoms with Gasteiger partial charge in [-0.3, -0.25) is 0 Å². The minimum Gasteiger partial charge on any atom is -0.682 e. The van der Waals surface area contributed by atoms with Crippen molar-refractivity contribution in [1.29, 1.82) is 0 Å². The van der Waals surface area contributed by atoms with Crippen LogP contribution in [0.25, 0.3) is 43.3 Å². The van der Waals surface area contributed by atoms with Crippen molar-refractivity contribution in [3.05, 3.63) is 169 Å². The number of hydrogen-bond donors (Lipinski definition) is 0. The Balaban J connectivity index is 0.000000387. The number of nitrogens with zero attached hydrogens (tertiary/aromatic N) is 2. The topological polar surface area (TPSA) is 46.7 Å². The Hall–Kier alpha value is -4.02. The van der Waals surface area contributed by atoms with Crippen molar-refractivity contribution in [2.24, 2.45) is 0 Å². The molecule has 0 spiro atoms. The molecule has 0 aliphatic rings. The largest absolute Gasteiger partial charge is 4.00 e. The van der Waals surface area contributed by atoms with Gasteiger partial charge in [-0.1, -0.05) is 84.9 Å². The second-order valence-corrected chi connectivity index (χ2v) is 14.0. The first-order chi connectivity index (χ1) is 23.9. The molecule has 6 aromatic carbocycles. The number of hydrogen-bond acceptors (Lipinski definition) is 2. The number of fused-ring (bicyclic) bond motifs is 2. The van der Waals surface area contributed by atoms with Crippen LogP contribution in [0.3, 0.4) is 0 Å². The molecule has 0 aliphatic carbocycles. The van der Waals surface area contributed by atoms with Crippen LogP contribution in [0, 0.1) is 13.8 Å². The zero-order chi connectivity index (χ0) is 36.0. The molecule has 4 nitrogen and oxygen atoms in total. The third-order valence-corrected chi connectivity index (χ3v) is 7.57. The van der Waals surface area contributed by atoms with E-state index in [1.54, 1.807) is 0 Å². The van der Waals surface area contributed by atoms with E-state index in [-0.39, 0.29) is 37.4 Å². The molecule has 0 N–H and O–H groups in total. The van der Waals surface area contributed by atoms with E-state index >= 15 is 0 Å². The van der Waals surface area contributed by atoms with Gasteiger partial charge < -0.3 is 20.1 Å². The molecule has 0 heterocycles.